The van der Waals surface area contributed by atoms with Gasteiger partial charge in [-0.15, -0.1) is 0 Å². The minimum atomic E-state index is 0.622. The van der Waals surface area contributed by atoms with Gasteiger partial charge in [0, 0.05) is 18.6 Å². The molecule has 1 fully saturated rings. The number of rotatable bonds is 2. The molecule has 0 radical (unpaired) electrons. The molecule has 0 saturated carbocycles. The van der Waals surface area contributed by atoms with E-state index in [-0.39, 0.29) is 0 Å². The van der Waals surface area contributed by atoms with Crippen molar-refractivity contribution in [2.45, 2.75) is 45.3 Å². The third-order valence-electron chi connectivity index (χ3n) is 3.51. The Morgan fingerprint density at radius 1 is 1.12 bits per heavy atom. The maximum absolute atomic E-state index is 4.13. The van der Waals surface area contributed by atoms with Crippen molar-refractivity contribution < 1.29 is 0 Å². The summed E-state index contributed by atoms with van der Waals surface area (Å²) in [5.41, 5.74) is 2.82. The van der Waals surface area contributed by atoms with E-state index in [1.165, 1.54) is 11.1 Å². The van der Waals surface area contributed by atoms with Gasteiger partial charge in [0.1, 0.15) is 0 Å². The fourth-order valence-electron chi connectivity index (χ4n) is 2.69. The first kappa shape index (κ1) is 11.4. The van der Waals surface area contributed by atoms with Crippen LogP contribution in [-0.4, -0.2) is 17.0 Å². The van der Waals surface area contributed by atoms with Crippen LogP contribution < -0.4 is 0 Å². The van der Waals surface area contributed by atoms with Gasteiger partial charge in [0.15, 0.2) is 0 Å². The molecule has 0 aromatic heterocycles. The molecule has 16 heavy (non-hydrogen) atoms. The van der Waals surface area contributed by atoms with E-state index in [1.807, 2.05) is 0 Å². The van der Waals surface area contributed by atoms with Gasteiger partial charge in [-0.1, -0.05) is 42.5 Å². The molecule has 1 heteroatoms. The number of hydrogen-bond acceptors (Lipinski definition) is 1. The highest BCUT2D eigenvalue weighted by Crippen LogP contribution is 2.27. The lowest BCUT2D eigenvalue weighted by molar-refractivity contribution is 0.119. The zero-order chi connectivity index (χ0) is 11.5. The summed E-state index contributed by atoms with van der Waals surface area (Å²) in [6.07, 6.45) is 2.30. The van der Waals surface area contributed by atoms with Crippen LogP contribution in [0.25, 0.3) is 0 Å². The van der Waals surface area contributed by atoms with Crippen molar-refractivity contribution in [3.63, 3.8) is 0 Å². The van der Waals surface area contributed by atoms with Crippen LogP contribution in [0.5, 0.6) is 0 Å². The van der Waals surface area contributed by atoms with Crippen molar-refractivity contribution in [3.05, 3.63) is 48.0 Å². The van der Waals surface area contributed by atoms with Crippen molar-refractivity contribution >= 4 is 0 Å². The lowest BCUT2D eigenvalue weighted by atomic mass is 9.93. The summed E-state index contributed by atoms with van der Waals surface area (Å²) >= 11 is 0. The van der Waals surface area contributed by atoms with E-state index < -0.39 is 0 Å². The van der Waals surface area contributed by atoms with Crippen LogP contribution in [0.15, 0.2) is 42.5 Å². The average Bonchev–Trinajstić information content (AvgIpc) is 2.25. The highest BCUT2D eigenvalue weighted by Gasteiger charge is 2.26. The zero-order valence-electron chi connectivity index (χ0n) is 10.3. The minimum Gasteiger partial charge on any atom is -0.293 e. The quantitative estimate of drug-likeness (QED) is 0.681. The highest BCUT2D eigenvalue weighted by molar-refractivity contribution is 5.16. The molecular weight excluding hydrogens is 194 g/mol. The predicted molar refractivity (Wildman–Crippen MR) is 69.3 cm³/mol. The van der Waals surface area contributed by atoms with E-state index in [1.54, 1.807) is 0 Å². The van der Waals surface area contributed by atoms with Crippen LogP contribution in [0, 0.1) is 0 Å². The monoisotopic (exact) mass is 215 g/mol. The third kappa shape index (κ3) is 2.53. The molecule has 1 nitrogen and oxygen atoms in total. The second kappa shape index (κ2) is 4.84. The van der Waals surface area contributed by atoms with Gasteiger partial charge >= 0.3 is 0 Å². The second-order valence-electron chi connectivity index (χ2n) is 5.01. The Morgan fingerprint density at radius 2 is 1.69 bits per heavy atom. The van der Waals surface area contributed by atoms with Crippen LogP contribution in [0.3, 0.4) is 0 Å². The molecule has 1 aromatic carbocycles. The number of nitrogens with zero attached hydrogens (tertiary/aromatic N) is 1. The van der Waals surface area contributed by atoms with Crippen LogP contribution >= 0.6 is 0 Å². The van der Waals surface area contributed by atoms with E-state index in [2.05, 4.69) is 55.7 Å². The molecule has 0 spiro atoms. The Bertz CT molecular complexity index is 341. The summed E-state index contributed by atoms with van der Waals surface area (Å²) in [6.45, 7) is 9.81. The van der Waals surface area contributed by atoms with Crippen LogP contribution in [-0.2, 0) is 6.54 Å². The van der Waals surface area contributed by atoms with E-state index in [0.29, 0.717) is 12.1 Å². The normalized spacial score (nSPS) is 27.0. The minimum absolute atomic E-state index is 0.622. The summed E-state index contributed by atoms with van der Waals surface area (Å²) in [5.74, 6) is 0. The highest BCUT2D eigenvalue weighted by atomic mass is 15.2. The Hall–Kier alpha value is -1.08. The van der Waals surface area contributed by atoms with Gasteiger partial charge in [-0.25, -0.2) is 0 Å². The lowest BCUT2D eigenvalue weighted by Gasteiger charge is -2.40. The van der Waals surface area contributed by atoms with Crippen LogP contribution in [0.2, 0.25) is 0 Å². The van der Waals surface area contributed by atoms with Crippen molar-refractivity contribution in [1.82, 2.24) is 4.90 Å². The van der Waals surface area contributed by atoms with Crippen molar-refractivity contribution in [1.29, 1.82) is 0 Å². The molecule has 0 unspecified atom stereocenters. The number of piperidine rings is 1. The third-order valence-corrected chi connectivity index (χ3v) is 3.51. The second-order valence-corrected chi connectivity index (χ2v) is 5.01. The summed E-state index contributed by atoms with van der Waals surface area (Å²) in [4.78, 5) is 2.59. The van der Waals surface area contributed by atoms with Crippen molar-refractivity contribution in [3.8, 4) is 0 Å². The topological polar surface area (TPSA) is 3.24 Å². The molecule has 86 valence electrons. The van der Waals surface area contributed by atoms with Gasteiger partial charge < -0.3 is 0 Å². The molecule has 0 aliphatic carbocycles. The summed E-state index contributed by atoms with van der Waals surface area (Å²) < 4.78 is 0. The maximum atomic E-state index is 4.13. The molecule has 0 amide bonds. The lowest BCUT2D eigenvalue weighted by Crippen LogP contribution is -2.43. The Kier molecular flexibility index (Phi) is 3.45. The number of likely N-dealkylation sites (tertiary alicyclic amines) is 1. The maximum Gasteiger partial charge on any atom is 0.0239 e. The molecule has 1 aliphatic rings. The molecule has 1 aliphatic heterocycles. The summed E-state index contributed by atoms with van der Waals surface area (Å²) in [5, 5.41) is 0. The van der Waals surface area contributed by atoms with E-state index in [0.717, 1.165) is 19.4 Å². The van der Waals surface area contributed by atoms with Crippen LogP contribution in [0.4, 0.5) is 0 Å². The fraction of sp³-hybridized carbons (Fsp3) is 0.467. The molecule has 2 atom stereocenters. The molecule has 0 bridgehead atoms. The fourth-order valence-corrected chi connectivity index (χ4v) is 2.69. The summed E-state index contributed by atoms with van der Waals surface area (Å²) in [6, 6.07) is 12.0. The van der Waals surface area contributed by atoms with Crippen molar-refractivity contribution in [2.75, 3.05) is 0 Å². The number of benzene rings is 1. The molecule has 2 rings (SSSR count). The molecule has 0 N–H and O–H groups in total. The van der Waals surface area contributed by atoms with E-state index in [4.69, 9.17) is 0 Å². The van der Waals surface area contributed by atoms with Gasteiger partial charge in [-0.3, -0.25) is 4.90 Å². The van der Waals surface area contributed by atoms with E-state index >= 15 is 0 Å². The SMILES string of the molecule is C=C1C[C@@H](C)N(Cc2ccccc2)[C@H](C)C1. The smallest absolute Gasteiger partial charge is 0.0239 e. The van der Waals surface area contributed by atoms with Crippen molar-refractivity contribution in [2.24, 2.45) is 0 Å². The van der Waals surface area contributed by atoms with Gasteiger partial charge in [0.05, 0.1) is 0 Å². The van der Waals surface area contributed by atoms with E-state index in [9.17, 15) is 0 Å². The first-order chi connectivity index (χ1) is 7.66. The summed E-state index contributed by atoms with van der Waals surface area (Å²) in [7, 11) is 0. The average molecular weight is 215 g/mol. The van der Waals surface area contributed by atoms with Gasteiger partial charge in [-0.05, 0) is 32.3 Å². The van der Waals surface area contributed by atoms with Gasteiger partial charge in [0.2, 0.25) is 0 Å². The van der Waals surface area contributed by atoms with Crippen LogP contribution in [0.1, 0.15) is 32.3 Å². The number of hydrogen-bond donors (Lipinski definition) is 0. The Morgan fingerprint density at radius 3 is 2.25 bits per heavy atom. The largest absolute Gasteiger partial charge is 0.293 e. The first-order valence-corrected chi connectivity index (χ1v) is 6.13. The molecule has 1 saturated heterocycles. The Balaban J connectivity index is 2.06. The zero-order valence-corrected chi connectivity index (χ0v) is 10.3. The van der Waals surface area contributed by atoms with Gasteiger partial charge in [0.25, 0.3) is 0 Å². The molecule has 1 aromatic rings. The predicted octanol–water partition coefficient (Wildman–Crippen LogP) is 3.62. The molecule has 1 heterocycles. The first-order valence-electron chi connectivity index (χ1n) is 6.13. The molecular formula is C15H21N. The standard InChI is InChI=1S/C15H21N/c1-12-9-13(2)16(14(3)10-12)11-15-7-5-4-6-8-15/h4-8,13-14H,1,9-11H2,2-3H3/t13-,14-/m1/s1. The van der Waals surface area contributed by atoms with Gasteiger partial charge in [-0.2, -0.15) is 0 Å². The Labute approximate surface area is 98.8 Å².